The van der Waals surface area contributed by atoms with Gasteiger partial charge in [-0.25, -0.2) is 4.98 Å². The summed E-state index contributed by atoms with van der Waals surface area (Å²) in [5.74, 6) is 0.197. The van der Waals surface area contributed by atoms with E-state index in [2.05, 4.69) is 15.3 Å². The van der Waals surface area contributed by atoms with Gasteiger partial charge in [0.2, 0.25) is 11.8 Å². The summed E-state index contributed by atoms with van der Waals surface area (Å²) in [7, 11) is 1.57. The number of aryl methyl sites for hydroxylation is 1. The number of aliphatic carboxylic acids is 1. The van der Waals surface area contributed by atoms with Gasteiger partial charge in [-0.1, -0.05) is 0 Å². The van der Waals surface area contributed by atoms with Crippen LogP contribution < -0.4 is 10.1 Å². The van der Waals surface area contributed by atoms with Gasteiger partial charge in [-0.15, -0.1) is 0 Å². The van der Waals surface area contributed by atoms with Gasteiger partial charge < -0.3 is 15.2 Å². The number of carbonyl (C=O) groups is 1. The van der Waals surface area contributed by atoms with Crippen LogP contribution in [-0.4, -0.2) is 34.2 Å². The molecule has 104 valence electrons. The van der Waals surface area contributed by atoms with Crippen LogP contribution in [0.5, 0.6) is 5.88 Å². The molecule has 1 heterocycles. The fourth-order valence-corrected chi connectivity index (χ4v) is 2.38. The number of hydrogen-bond acceptors (Lipinski definition) is 5. The third-order valence-electron chi connectivity index (χ3n) is 3.45. The Morgan fingerprint density at radius 1 is 1.37 bits per heavy atom. The minimum absolute atomic E-state index is 0.203. The first-order chi connectivity index (χ1) is 9.08. The van der Waals surface area contributed by atoms with Crippen molar-refractivity contribution in [3.05, 3.63) is 11.8 Å². The van der Waals surface area contributed by atoms with Crippen molar-refractivity contribution in [3.63, 3.8) is 0 Å². The second-order valence-electron chi connectivity index (χ2n) is 4.91. The van der Waals surface area contributed by atoms with Gasteiger partial charge >= 0.3 is 5.97 Å². The number of carboxylic acid groups (broad SMARTS) is 1. The summed E-state index contributed by atoms with van der Waals surface area (Å²) in [5, 5.41) is 12.2. The van der Waals surface area contributed by atoms with Crippen molar-refractivity contribution < 1.29 is 14.6 Å². The molecule has 6 nitrogen and oxygen atoms in total. The number of nitrogens with zero attached hydrogens (tertiary/aromatic N) is 2. The minimum Gasteiger partial charge on any atom is -0.481 e. The molecule has 1 fully saturated rings. The number of anilines is 1. The van der Waals surface area contributed by atoms with Gasteiger partial charge in [0, 0.05) is 17.8 Å². The maximum absolute atomic E-state index is 10.9. The molecule has 2 N–H and O–H groups in total. The lowest BCUT2D eigenvalue weighted by atomic mass is 9.86. The van der Waals surface area contributed by atoms with E-state index in [0.29, 0.717) is 24.7 Å². The summed E-state index contributed by atoms with van der Waals surface area (Å²) in [6.45, 7) is 1.89. The van der Waals surface area contributed by atoms with Gasteiger partial charge in [0.15, 0.2) is 0 Å². The number of aromatic nitrogens is 2. The zero-order valence-corrected chi connectivity index (χ0v) is 11.2. The number of ether oxygens (including phenoxy) is 1. The molecule has 0 bridgehead atoms. The number of methoxy groups -OCH3 is 1. The fourth-order valence-electron chi connectivity index (χ4n) is 2.38. The Morgan fingerprint density at radius 3 is 2.63 bits per heavy atom. The Balaban J connectivity index is 1.95. The highest BCUT2D eigenvalue weighted by Crippen LogP contribution is 2.26. The molecule has 0 amide bonds. The quantitative estimate of drug-likeness (QED) is 0.864. The van der Waals surface area contributed by atoms with E-state index >= 15 is 0 Å². The molecular formula is C13H19N3O3. The summed E-state index contributed by atoms with van der Waals surface area (Å²) in [4.78, 5) is 19.4. The molecule has 0 atom stereocenters. The first kappa shape index (κ1) is 13.6. The van der Waals surface area contributed by atoms with E-state index in [1.54, 1.807) is 13.2 Å². The third-order valence-corrected chi connectivity index (χ3v) is 3.45. The summed E-state index contributed by atoms with van der Waals surface area (Å²) < 4.78 is 5.10. The van der Waals surface area contributed by atoms with E-state index in [1.807, 2.05) is 6.92 Å². The van der Waals surface area contributed by atoms with Gasteiger partial charge in [-0.3, -0.25) is 4.79 Å². The SMILES string of the molecule is COc1cc(C)nc(NC2CCC(C(=O)O)CC2)n1. The Morgan fingerprint density at radius 2 is 2.05 bits per heavy atom. The lowest BCUT2D eigenvalue weighted by molar-refractivity contribution is -0.142. The molecule has 0 radical (unpaired) electrons. The highest BCUT2D eigenvalue weighted by molar-refractivity contribution is 5.70. The molecule has 1 aliphatic rings. The molecule has 0 aliphatic heterocycles. The van der Waals surface area contributed by atoms with Crippen molar-refractivity contribution in [2.75, 3.05) is 12.4 Å². The maximum Gasteiger partial charge on any atom is 0.306 e. The molecule has 0 spiro atoms. The predicted molar refractivity (Wildman–Crippen MR) is 70.3 cm³/mol. The van der Waals surface area contributed by atoms with Gasteiger partial charge in [-0.05, 0) is 32.6 Å². The van der Waals surface area contributed by atoms with E-state index < -0.39 is 5.97 Å². The van der Waals surface area contributed by atoms with Crippen molar-refractivity contribution in [1.82, 2.24) is 9.97 Å². The molecule has 2 rings (SSSR count). The highest BCUT2D eigenvalue weighted by atomic mass is 16.5. The predicted octanol–water partition coefficient (Wildman–Crippen LogP) is 1.85. The molecule has 1 aromatic heterocycles. The van der Waals surface area contributed by atoms with Crippen LogP contribution in [0, 0.1) is 12.8 Å². The first-order valence-electron chi connectivity index (χ1n) is 6.47. The van der Waals surface area contributed by atoms with Crippen LogP contribution in [-0.2, 0) is 4.79 Å². The van der Waals surface area contributed by atoms with Crippen molar-refractivity contribution in [2.45, 2.75) is 38.6 Å². The van der Waals surface area contributed by atoms with Gasteiger partial charge in [-0.2, -0.15) is 4.98 Å². The average Bonchev–Trinajstić information content (AvgIpc) is 2.38. The molecule has 0 unspecified atom stereocenters. The van der Waals surface area contributed by atoms with Crippen molar-refractivity contribution >= 4 is 11.9 Å². The van der Waals surface area contributed by atoms with Crippen molar-refractivity contribution in [2.24, 2.45) is 5.92 Å². The molecule has 6 heteroatoms. The van der Waals surface area contributed by atoms with Crippen molar-refractivity contribution in [1.29, 1.82) is 0 Å². The largest absolute Gasteiger partial charge is 0.481 e. The zero-order valence-electron chi connectivity index (χ0n) is 11.2. The number of rotatable bonds is 4. The van der Waals surface area contributed by atoms with Gasteiger partial charge in [0.05, 0.1) is 13.0 Å². The van der Waals surface area contributed by atoms with Crippen LogP contribution in [0.2, 0.25) is 0 Å². The molecular weight excluding hydrogens is 246 g/mol. The van der Waals surface area contributed by atoms with Crippen LogP contribution in [0.25, 0.3) is 0 Å². The Kier molecular flexibility index (Phi) is 4.19. The standard InChI is InChI=1S/C13H19N3O3/c1-8-7-11(19-2)16-13(14-8)15-10-5-3-9(4-6-10)12(17)18/h7,9-10H,3-6H2,1-2H3,(H,17,18)(H,14,15,16). The normalized spacial score (nSPS) is 22.8. The molecule has 19 heavy (non-hydrogen) atoms. The molecule has 1 aromatic rings. The summed E-state index contributed by atoms with van der Waals surface area (Å²) in [6, 6.07) is 2.01. The fraction of sp³-hybridized carbons (Fsp3) is 0.615. The minimum atomic E-state index is -0.688. The second-order valence-corrected chi connectivity index (χ2v) is 4.91. The maximum atomic E-state index is 10.9. The summed E-state index contributed by atoms with van der Waals surface area (Å²) in [6.07, 6.45) is 3.07. The molecule has 1 saturated carbocycles. The lowest BCUT2D eigenvalue weighted by Crippen LogP contribution is -2.29. The molecule has 0 aromatic carbocycles. The highest BCUT2D eigenvalue weighted by Gasteiger charge is 2.26. The summed E-state index contributed by atoms with van der Waals surface area (Å²) in [5.41, 5.74) is 0.841. The smallest absolute Gasteiger partial charge is 0.306 e. The first-order valence-corrected chi connectivity index (χ1v) is 6.47. The van der Waals surface area contributed by atoms with Crippen LogP contribution in [0.4, 0.5) is 5.95 Å². The van der Waals surface area contributed by atoms with Crippen LogP contribution in [0.1, 0.15) is 31.4 Å². The number of hydrogen-bond donors (Lipinski definition) is 2. The van der Waals surface area contributed by atoms with Gasteiger partial charge in [0.25, 0.3) is 0 Å². The molecule has 1 aliphatic carbocycles. The average molecular weight is 265 g/mol. The number of nitrogens with one attached hydrogen (secondary N) is 1. The van der Waals surface area contributed by atoms with E-state index in [-0.39, 0.29) is 12.0 Å². The molecule has 0 saturated heterocycles. The van der Waals surface area contributed by atoms with E-state index in [0.717, 1.165) is 18.5 Å². The van der Waals surface area contributed by atoms with E-state index in [1.165, 1.54) is 0 Å². The van der Waals surface area contributed by atoms with Crippen LogP contribution in [0.15, 0.2) is 6.07 Å². The van der Waals surface area contributed by atoms with Crippen LogP contribution >= 0.6 is 0 Å². The van der Waals surface area contributed by atoms with Crippen molar-refractivity contribution in [3.8, 4) is 5.88 Å². The topological polar surface area (TPSA) is 84.3 Å². The van der Waals surface area contributed by atoms with Crippen LogP contribution in [0.3, 0.4) is 0 Å². The Hall–Kier alpha value is -1.85. The second kappa shape index (κ2) is 5.86. The Bertz CT molecular complexity index is 456. The third kappa shape index (κ3) is 3.56. The zero-order chi connectivity index (χ0) is 13.8. The number of carboxylic acids is 1. The summed E-state index contributed by atoms with van der Waals surface area (Å²) >= 11 is 0. The van der Waals surface area contributed by atoms with Gasteiger partial charge in [0.1, 0.15) is 0 Å². The van der Waals surface area contributed by atoms with E-state index in [4.69, 9.17) is 9.84 Å². The van der Waals surface area contributed by atoms with E-state index in [9.17, 15) is 4.79 Å². The lowest BCUT2D eigenvalue weighted by Gasteiger charge is -2.26. The Labute approximate surface area is 112 Å². The monoisotopic (exact) mass is 265 g/mol.